The van der Waals surface area contributed by atoms with Crippen LogP contribution in [-0.4, -0.2) is 22.5 Å². The number of Topliss-reactive ketones (excluding diaryl/α,β-unsaturated/α-hetero) is 3. The molecule has 2 aliphatic rings. The summed E-state index contributed by atoms with van der Waals surface area (Å²) < 4.78 is 0. The van der Waals surface area contributed by atoms with E-state index in [1.807, 2.05) is 74.5 Å². The fourth-order valence-electron chi connectivity index (χ4n) is 6.71. The van der Waals surface area contributed by atoms with Crippen LogP contribution in [0.15, 0.2) is 57.9 Å². The molecule has 2 rings (SSSR count). The van der Waals surface area contributed by atoms with Gasteiger partial charge in [0.25, 0.3) is 0 Å². The molecule has 0 aromatic rings. The van der Waals surface area contributed by atoms with Crippen molar-refractivity contribution in [3.63, 3.8) is 0 Å². The molecule has 0 aromatic heterocycles. The number of fused-ring (bicyclic) bond motifs is 2. The third kappa shape index (κ3) is 5.86. The number of aliphatic hydroxyl groups is 1. The lowest BCUT2D eigenvalue weighted by molar-refractivity contribution is -0.180. The summed E-state index contributed by atoms with van der Waals surface area (Å²) in [6, 6.07) is 0. The maximum atomic E-state index is 15.0. The lowest BCUT2D eigenvalue weighted by Gasteiger charge is -2.61. The lowest BCUT2D eigenvalue weighted by Crippen LogP contribution is -2.71. The largest absolute Gasteiger partial charge is 0.511 e. The van der Waals surface area contributed by atoms with E-state index in [0.717, 1.165) is 16.7 Å². The van der Waals surface area contributed by atoms with E-state index in [1.54, 1.807) is 13.8 Å². The van der Waals surface area contributed by atoms with Crippen molar-refractivity contribution in [3.8, 4) is 0 Å². The Balaban J connectivity index is 3.09. The first-order valence-corrected chi connectivity index (χ1v) is 14.6. The van der Waals surface area contributed by atoms with Crippen molar-refractivity contribution < 1.29 is 19.5 Å². The van der Waals surface area contributed by atoms with E-state index in [-0.39, 0.29) is 41.7 Å². The van der Waals surface area contributed by atoms with Gasteiger partial charge in [-0.05, 0) is 105 Å². The van der Waals surface area contributed by atoms with Crippen LogP contribution in [-0.2, 0) is 14.4 Å². The predicted octanol–water partition coefficient (Wildman–Crippen LogP) is 8.99. The molecule has 1 N–H and O–H groups in total. The summed E-state index contributed by atoms with van der Waals surface area (Å²) in [7, 11) is 0. The molecule has 4 nitrogen and oxygen atoms in total. The Bertz CT molecular complexity index is 1140. The highest BCUT2D eigenvalue weighted by atomic mass is 16.3. The number of hydrogen-bond acceptors (Lipinski definition) is 4. The van der Waals surface area contributed by atoms with Gasteiger partial charge >= 0.3 is 0 Å². The Hall–Kier alpha value is -2.49. The normalized spacial score (nSPS) is 28.3. The highest BCUT2D eigenvalue weighted by Gasteiger charge is 2.75. The van der Waals surface area contributed by atoms with Crippen LogP contribution in [0.25, 0.3) is 0 Å². The van der Waals surface area contributed by atoms with Crippen LogP contribution < -0.4 is 0 Å². The van der Waals surface area contributed by atoms with Crippen molar-refractivity contribution in [1.29, 1.82) is 0 Å². The minimum atomic E-state index is -1.83. The maximum absolute atomic E-state index is 15.0. The zero-order valence-electron chi connectivity index (χ0n) is 26.4. The van der Waals surface area contributed by atoms with Gasteiger partial charge in [0.15, 0.2) is 22.8 Å². The number of carbonyl (C=O) groups excluding carboxylic acids is 3. The third-order valence-corrected chi connectivity index (χ3v) is 8.98. The molecule has 0 aliphatic heterocycles. The van der Waals surface area contributed by atoms with E-state index in [4.69, 9.17) is 0 Å². The van der Waals surface area contributed by atoms with Crippen LogP contribution in [0.1, 0.15) is 115 Å². The van der Waals surface area contributed by atoms with Gasteiger partial charge in [0, 0.05) is 11.5 Å². The summed E-state index contributed by atoms with van der Waals surface area (Å²) in [4.78, 5) is 44.3. The first kappa shape index (κ1) is 32.7. The Morgan fingerprint density at radius 3 is 1.92 bits per heavy atom. The zero-order chi connectivity index (χ0) is 29.9. The van der Waals surface area contributed by atoms with Crippen LogP contribution >= 0.6 is 0 Å². The highest BCUT2D eigenvalue weighted by molar-refractivity contribution is 6.33. The van der Waals surface area contributed by atoms with E-state index < -0.39 is 27.9 Å². The fraction of sp³-hybridized carbons (Fsp3) is 0.629. The third-order valence-electron chi connectivity index (χ3n) is 8.98. The summed E-state index contributed by atoms with van der Waals surface area (Å²) in [5, 5.41) is 11.9. The van der Waals surface area contributed by atoms with E-state index in [9.17, 15) is 19.5 Å². The maximum Gasteiger partial charge on any atom is 0.184 e. The molecular formula is C35H52O4. The number of ketones is 3. The number of rotatable bonds is 11. The quantitative estimate of drug-likeness (QED) is 0.211. The number of aliphatic hydroxyl groups excluding tert-OH is 1. The highest BCUT2D eigenvalue weighted by Crippen LogP contribution is 2.67. The molecule has 4 heteroatoms. The van der Waals surface area contributed by atoms with E-state index in [2.05, 4.69) is 12.2 Å². The smallest absolute Gasteiger partial charge is 0.184 e. The van der Waals surface area contributed by atoms with Gasteiger partial charge in [0.05, 0.1) is 5.41 Å². The van der Waals surface area contributed by atoms with Crippen molar-refractivity contribution in [1.82, 2.24) is 0 Å². The lowest BCUT2D eigenvalue weighted by atomic mass is 9.38. The summed E-state index contributed by atoms with van der Waals surface area (Å²) >= 11 is 0. The summed E-state index contributed by atoms with van der Waals surface area (Å²) in [6.45, 7) is 21.6. The van der Waals surface area contributed by atoms with Gasteiger partial charge in [-0.1, -0.05) is 67.4 Å². The van der Waals surface area contributed by atoms with Crippen LogP contribution in [0, 0.1) is 28.1 Å². The number of carbonyl (C=O) groups is 3. The monoisotopic (exact) mass is 536 g/mol. The molecule has 2 bridgehead atoms. The van der Waals surface area contributed by atoms with E-state index in [1.165, 1.54) is 5.57 Å². The molecule has 0 spiro atoms. The molecule has 0 radical (unpaired) electrons. The van der Waals surface area contributed by atoms with Gasteiger partial charge in [-0.25, -0.2) is 0 Å². The zero-order valence-corrected chi connectivity index (χ0v) is 26.4. The van der Waals surface area contributed by atoms with Crippen molar-refractivity contribution in [2.24, 2.45) is 28.1 Å². The van der Waals surface area contributed by atoms with Gasteiger partial charge in [0.2, 0.25) is 0 Å². The second kappa shape index (κ2) is 12.4. The molecule has 1 saturated carbocycles. The van der Waals surface area contributed by atoms with Gasteiger partial charge in [0.1, 0.15) is 5.76 Å². The van der Waals surface area contributed by atoms with Gasteiger partial charge in [-0.15, -0.1) is 0 Å². The SMILES string of the molecule is CC(C)=CCC[C@]1(C)[C@@H](CC=C(C)C)C[C@]2(CC=C(C)C)C(=O)C1(C(=O)C(C)C)C(=O)C(CC=C(C)C)=C2O. The first-order valence-electron chi connectivity index (χ1n) is 14.6. The molecule has 1 unspecified atom stereocenters. The minimum absolute atomic E-state index is 0.117. The molecule has 216 valence electrons. The van der Waals surface area contributed by atoms with Crippen molar-refractivity contribution >= 4 is 17.3 Å². The fourth-order valence-corrected chi connectivity index (χ4v) is 6.71. The Morgan fingerprint density at radius 1 is 0.897 bits per heavy atom. The second-order valence-corrected chi connectivity index (χ2v) is 13.5. The Labute approximate surface area is 237 Å². The van der Waals surface area contributed by atoms with Gasteiger partial charge < -0.3 is 5.11 Å². The molecule has 0 saturated heterocycles. The molecule has 0 aromatic carbocycles. The van der Waals surface area contributed by atoms with Crippen LogP contribution in [0.3, 0.4) is 0 Å². The Kier molecular flexibility index (Phi) is 10.4. The Morgan fingerprint density at radius 2 is 1.44 bits per heavy atom. The molecule has 1 fully saturated rings. The van der Waals surface area contributed by atoms with Crippen molar-refractivity contribution in [2.45, 2.75) is 115 Å². The van der Waals surface area contributed by atoms with Crippen molar-refractivity contribution in [3.05, 3.63) is 57.9 Å². The molecule has 4 atom stereocenters. The van der Waals surface area contributed by atoms with Gasteiger partial charge in [-0.2, -0.15) is 0 Å². The van der Waals surface area contributed by atoms with Crippen LogP contribution in [0.2, 0.25) is 0 Å². The standard InChI is InChI=1S/C35H52O4/c1-22(2)13-12-19-33(11)27(16-14-23(3)4)21-34(20-18-25(7)8)30(37)28(17-15-24(5)6)31(38)35(33,32(34)39)29(36)26(9)10/h13-15,18,26-27,37H,12,16-17,19-21H2,1-11H3/t27-,33+,34-,35?/m0/s1. The average Bonchev–Trinajstić information content (AvgIpc) is 2.81. The molecular weight excluding hydrogens is 484 g/mol. The average molecular weight is 537 g/mol. The minimum Gasteiger partial charge on any atom is -0.511 e. The van der Waals surface area contributed by atoms with Gasteiger partial charge in [-0.3, -0.25) is 14.4 Å². The van der Waals surface area contributed by atoms with E-state index in [0.29, 0.717) is 25.7 Å². The van der Waals surface area contributed by atoms with Crippen LogP contribution in [0.5, 0.6) is 0 Å². The molecule has 2 aliphatic carbocycles. The summed E-state index contributed by atoms with van der Waals surface area (Å²) in [5.41, 5.74) is 0.583. The topological polar surface area (TPSA) is 71.4 Å². The predicted molar refractivity (Wildman–Crippen MR) is 161 cm³/mol. The first-order chi connectivity index (χ1) is 18.0. The second-order valence-electron chi connectivity index (χ2n) is 13.5. The molecule has 0 amide bonds. The summed E-state index contributed by atoms with van der Waals surface area (Å²) in [5.74, 6) is -1.93. The molecule has 39 heavy (non-hydrogen) atoms. The summed E-state index contributed by atoms with van der Waals surface area (Å²) in [6.07, 6.45) is 11.0. The van der Waals surface area contributed by atoms with Crippen LogP contribution in [0.4, 0.5) is 0 Å². The molecule has 0 heterocycles. The number of hydrogen-bond donors (Lipinski definition) is 1. The number of allylic oxidation sites excluding steroid dienone is 10. The van der Waals surface area contributed by atoms with Crippen molar-refractivity contribution in [2.75, 3.05) is 0 Å². The van der Waals surface area contributed by atoms with E-state index >= 15 is 0 Å².